The van der Waals surface area contributed by atoms with Crippen LogP contribution in [0.3, 0.4) is 0 Å². The van der Waals surface area contributed by atoms with Crippen LogP contribution in [0.25, 0.3) is 0 Å². The predicted molar refractivity (Wildman–Crippen MR) is 94.0 cm³/mol. The molecular formula is C17H38O4Si. The van der Waals surface area contributed by atoms with Crippen LogP contribution in [0.4, 0.5) is 0 Å². The summed E-state index contributed by atoms with van der Waals surface area (Å²) < 4.78 is 22.8. The molecular weight excluding hydrogens is 296 g/mol. The largest absolute Gasteiger partial charge is 0.502 e. The van der Waals surface area contributed by atoms with E-state index >= 15 is 0 Å². The summed E-state index contributed by atoms with van der Waals surface area (Å²) in [5.41, 5.74) is 0. The quantitative estimate of drug-likeness (QED) is 0.222. The third-order valence-corrected chi connectivity index (χ3v) is 6.73. The molecule has 1 atom stereocenters. The summed E-state index contributed by atoms with van der Waals surface area (Å²) in [7, 11) is 0.794. The van der Waals surface area contributed by atoms with Crippen molar-refractivity contribution in [2.45, 2.75) is 90.9 Å². The van der Waals surface area contributed by atoms with Gasteiger partial charge in [0.15, 0.2) is 6.29 Å². The van der Waals surface area contributed by atoms with E-state index in [0.29, 0.717) is 0 Å². The van der Waals surface area contributed by atoms with Crippen molar-refractivity contribution in [3.8, 4) is 0 Å². The summed E-state index contributed by atoms with van der Waals surface area (Å²) in [5, 5.41) is 0. The molecule has 0 aliphatic carbocycles. The molecule has 0 aliphatic heterocycles. The molecule has 0 fully saturated rings. The van der Waals surface area contributed by atoms with Crippen molar-refractivity contribution < 1.29 is 18.0 Å². The highest BCUT2D eigenvalue weighted by Gasteiger charge is 2.39. The maximum atomic E-state index is 5.98. The number of hydrogen-bond donors (Lipinski definition) is 0. The maximum absolute atomic E-state index is 5.98. The van der Waals surface area contributed by atoms with Crippen LogP contribution in [0.5, 0.6) is 0 Å². The van der Waals surface area contributed by atoms with Gasteiger partial charge in [-0.25, -0.2) is 0 Å². The van der Waals surface area contributed by atoms with E-state index in [2.05, 4.69) is 13.8 Å². The van der Waals surface area contributed by atoms with E-state index in [0.717, 1.165) is 25.5 Å². The van der Waals surface area contributed by atoms with Crippen molar-refractivity contribution in [1.29, 1.82) is 0 Å². The van der Waals surface area contributed by atoms with Gasteiger partial charge >= 0.3 is 8.80 Å². The highest BCUT2D eigenvalue weighted by atomic mass is 28.4. The Hall–Kier alpha value is 0.0569. The van der Waals surface area contributed by atoms with Crippen molar-refractivity contribution >= 4 is 8.80 Å². The van der Waals surface area contributed by atoms with Crippen molar-refractivity contribution in [2.75, 3.05) is 20.8 Å². The Balaban J connectivity index is 3.73. The SMILES string of the molecule is CCCCCCCCCCOC(CC)O[Si](CC)(OC)OC. The van der Waals surface area contributed by atoms with Gasteiger partial charge < -0.3 is 18.0 Å². The summed E-state index contributed by atoms with van der Waals surface area (Å²) in [6.07, 6.45) is 11.1. The summed E-state index contributed by atoms with van der Waals surface area (Å²) >= 11 is 0. The number of unbranched alkanes of at least 4 members (excludes halogenated alkanes) is 7. The molecule has 4 nitrogen and oxygen atoms in total. The summed E-state index contributed by atoms with van der Waals surface area (Å²) in [4.78, 5) is 0. The molecule has 1 unspecified atom stereocenters. The molecule has 134 valence electrons. The summed E-state index contributed by atoms with van der Waals surface area (Å²) in [6, 6.07) is 0.762. The zero-order chi connectivity index (χ0) is 16.7. The first-order chi connectivity index (χ1) is 10.7. The fraction of sp³-hybridized carbons (Fsp3) is 1.00. The van der Waals surface area contributed by atoms with Crippen molar-refractivity contribution in [1.82, 2.24) is 0 Å². The van der Waals surface area contributed by atoms with Crippen LogP contribution in [0, 0.1) is 0 Å². The molecule has 0 radical (unpaired) electrons. The van der Waals surface area contributed by atoms with Gasteiger partial charge in [-0.15, -0.1) is 0 Å². The Morgan fingerprint density at radius 1 is 0.773 bits per heavy atom. The average molecular weight is 335 g/mol. The third kappa shape index (κ3) is 9.95. The molecule has 5 heteroatoms. The van der Waals surface area contributed by atoms with E-state index in [9.17, 15) is 0 Å². The van der Waals surface area contributed by atoms with E-state index in [1.807, 2.05) is 6.92 Å². The lowest BCUT2D eigenvalue weighted by molar-refractivity contribution is -0.117. The fourth-order valence-electron chi connectivity index (χ4n) is 2.44. The van der Waals surface area contributed by atoms with Gasteiger partial charge in [0.25, 0.3) is 0 Å². The van der Waals surface area contributed by atoms with E-state index in [1.54, 1.807) is 14.2 Å². The van der Waals surface area contributed by atoms with Gasteiger partial charge in [0.05, 0.1) is 0 Å². The van der Waals surface area contributed by atoms with E-state index in [4.69, 9.17) is 18.0 Å². The molecule has 0 amide bonds. The van der Waals surface area contributed by atoms with Crippen LogP contribution >= 0.6 is 0 Å². The molecule has 0 N–H and O–H groups in total. The normalized spacial score (nSPS) is 13.5. The second-order valence-electron chi connectivity index (χ2n) is 5.75. The zero-order valence-corrected chi connectivity index (χ0v) is 16.5. The second kappa shape index (κ2) is 14.6. The molecule has 0 aromatic carbocycles. The second-order valence-corrected chi connectivity index (χ2v) is 8.87. The van der Waals surface area contributed by atoms with Gasteiger partial charge in [0.2, 0.25) is 0 Å². The van der Waals surface area contributed by atoms with Gasteiger partial charge in [-0.3, -0.25) is 0 Å². The lowest BCUT2D eigenvalue weighted by Crippen LogP contribution is -2.46. The molecule has 0 aromatic rings. The number of hydrogen-bond acceptors (Lipinski definition) is 4. The highest BCUT2D eigenvalue weighted by molar-refractivity contribution is 6.60. The zero-order valence-electron chi connectivity index (χ0n) is 15.5. The Bertz CT molecular complexity index is 226. The molecule has 0 spiro atoms. The molecule has 0 heterocycles. The van der Waals surface area contributed by atoms with Crippen molar-refractivity contribution in [3.63, 3.8) is 0 Å². The van der Waals surface area contributed by atoms with Gasteiger partial charge in [0.1, 0.15) is 0 Å². The molecule has 0 rings (SSSR count). The number of ether oxygens (including phenoxy) is 1. The summed E-state index contributed by atoms with van der Waals surface area (Å²) in [6.45, 7) is 7.12. The topological polar surface area (TPSA) is 36.9 Å². The lowest BCUT2D eigenvalue weighted by Gasteiger charge is -2.29. The minimum atomic E-state index is -2.52. The minimum absolute atomic E-state index is 0.212. The van der Waals surface area contributed by atoms with Gasteiger partial charge in [-0.05, 0) is 12.8 Å². The fourth-order valence-corrected chi connectivity index (χ4v) is 4.18. The van der Waals surface area contributed by atoms with Crippen LogP contribution in [0.2, 0.25) is 6.04 Å². The van der Waals surface area contributed by atoms with E-state index in [1.165, 1.54) is 44.9 Å². The van der Waals surface area contributed by atoms with Crippen LogP contribution in [-0.2, 0) is 18.0 Å². The van der Waals surface area contributed by atoms with E-state index in [-0.39, 0.29) is 6.29 Å². The minimum Gasteiger partial charge on any atom is -0.377 e. The standard InChI is InChI=1S/C17H38O4Si/c1-6-9-10-11-12-13-14-15-16-20-17(7-2)21-22(8-3,18-4)19-5/h17H,6-16H2,1-5H3. The Morgan fingerprint density at radius 3 is 1.77 bits per heavy atom. The van der Waals surface area contributed by atoms with Crippen LogP contribution in [0.15, 0.2) is 0 Å². The molecule has 0 aromatic heterocycles. The molecule has 0 aliphatic rings. The predicted octanol–water partition coefficient (Wildman–Crippen LogP) is 5.15. The van der Waals surface area contributed by atoms with Crippen LogP contribution in [0.1, 0.15) is 78.6 Å². The monoisotopic (exact) mass is 334 g/mol. The average Bonchev–Trinajstić information content (AvgIpc) is 2.56. The smallest absolute Gasteiger partial charge is 0.377 e. The Labute approximate surface area is 139 Å². The maximum Gasteiger partial charge on any atom is 0.502 e. The van der Waals surface area contributed by atoms with Gasteiger partial charge in [0, 0.05) is 26.9 Å². The number of rotatable bonds is 16. The van der Waals surface area contributed by atoms with Crippen molar-refractivity contribution in [2.24, 2.45) is 0 Å². The molecule has 0 saturated heterocycles. The molecule has 22 heavy (non-hydrogen) atoms. The lowest BCUT2D eigenvalue weighted by atomic mass is 10.1. The Morgan fingerprint density at radius 2 is 1.32 bits per heavy atom. The summed E-state index contributed by atoms with van der Waals surface area (Å²) in [5.74, 6) is 0. The van der Waals surface area contributed by atoms with Crippen molar-refractivity contribution in [3.05, 3.63) is 0 Å². The molecule has 0 saturated carbocycles. The Kier molecular flexibility index (Phi) is 14.7. The molecule has 0 bridgehead atoms. The van der Waals surface area contributed by atoms with Crippen LogP contribution in [-0.4, -0.2) is 35.9 Å². The first kappa shape index (κ1) is 22.1. The first-order valence-corrected chi connectivity index (χ1v) is 11.0. The van der Waals surface area contributed by atoms with Gasteiger partial charge in [-0.1, -0.05) is 65.7 Å². The first-order valence-electron chi connectivity index (χ1n) is 9.07. The van der Waals surface area contributed by atoms with E-state index < -0.39 is 8.80 Å². The van der Waals surface area contributed by atoms with Gasteiger partial charge in [-0.2, -0.15) is 0 Å². The third-order valence-electron chi connectivity index (χ3n) is 4.00. The van der Waals surface area contributed by atoms with Crippen LogP contribution < -0.4 is 0 Å². The highest BCUT2D eigenvalue weighted by Crippen LogP contribution is 2.18.